The van der Waals surface area contributed by atoms with Crippen LogP contribution in [0.15, 0.2) is 52.2 Å². The molecule has 0 radical (unpaired) electrons. The number of benzene rings is 1. The quantitative estimate of drug-likeness (QED) is 0.814. The Morgan fingerprint density at radius 3 is 2.62 bits per heavy atom. The number of thioether (sulfide) groups is 1. The number of ketones is 1. The van der Waals surface area contributed by atoms with Crippen LogP contribution < -0.4 is 5.56 Å². The SMILES string of the molecule is O=C1CCCc2c1ccc(=O)n2CCSc1ccccc1. The van der Waals surface area contributed by atoms with Crippen LogP contribution in [0.25, 0.3) is 0 Å². The normalized spacial score (nSPS) is 14.0. The summed E-state index contributed by atoms with van der Waals surface area (Å²) >= 11 is 1.73. The van der Waals surface area contributed by atoms with Gasteiger partial charge in [-0.2, -0.15) is 0 Å². The zero-order valence-corrected chi connectivity index (χ0v) is 12.6. The molecule has 1 aromatic carbocycles. The fourth-order valence-electron chi connectivity index (χ4n) is 2.71. The molecule has 4 heteroatoms. The predicted molar refractivity (Wildman–Crippen MR) is 85.1 cm³/mol. The highest BCUT2D eigenvalue weighted by Crippen LogP contribution is 2.21. The average molecular weight is 299 g/mol. The van der Waals surface area contributed by atoms with Gasteiger partial charge in [0.1, 0.15) is 0 Å². The fourth-order valence-corrected chi connectivity index (χ4v) is 3.57. The van der Waals surface area contributed by atoms with Crippen LogP contribution in [-0.2, 0) is 13.0 Å². The van der Waals surface area contributed by atoms with Crippen molar-refractivity contribution in [2.75, 3.05) is 5.75 Å². The summed E-state index contributed by atoms with van der Waals surface area (Å²) in [6.07, 6.45) is 2.28. The van der Waals surface area contributed by atoms with Crippen molar-refractivity contribution in [3.05, 3.63) is 64.1 Å². The summed E-state index contributed by atoms with van der Waals surface area (Å²) in [5.41, 5.74) is 1.66. The van der Waals surface area contributed by atoms with Crippen molar-refractivity contribution in [2.24, 2.45) is 0 Å². The fraction of sp³-hybridized carbons (Fsp3) is 0.294. The number of carbonyl (C=O) groups excluding carboxylic acids is 1. The van der Waals surface area contributed by atoms with Gasteiger partial charge in [-0.25, -0.2) is 0 Å². The third-order valence-electron chi connectivity index (χ3n) is 3.74. The number of carbonyl (C=O) groups is 1. The van der Waals surface area contributed by atoms with Crippen LogP contribution in [0.3, 0.4) is 0 Å². The maximum atomic E-state index is 12.1. The molecule has 0 saturated carbocycles. The summed E-state index contributed by atoms with van der Waals surface area (Å²) in [5, 5.41) is 0. The lowest BCUT2D eigenvalue weighted by molar-refractivity contribution is 0.0970. The Morgan fingerprint density at radius 1 is 1.00 bits per heavy atom. The van der Waals surface area contributed by atoms with E-state index >= 15 is 0 Å². The molecule has 21 heavy (non-hydrogen) atoms. The lowest BCUT2D eigenvalue weighted by Gasteiger charge is -2.19. The number of fused-ring (bicyclic) bond motifs is 1. The molecule has 2 aromatic rings. The Morgan fingerprint density at radius 2 is 1.81 bits per heavy atom. The monoisotopic (exact) mass is 299 g/mol. The molecule has 1 aliphatic rings. The minimum absolute atomic E-state index is 0.00267. The standard InChI is InChI=1S/C17H17NO2S/c19-16-8-4-7-15-14(16)9-10-17(20)18(15)11-12-21-13-5-2-1-3-6-13/h1-3,5-6,9-10H,4,7-8,11-12H2. The van der Waals surface area contributed by atoms with Crippen molar-refractivity contribution in [1.82, 2.24) is 4.57 Å². The Balaban J connectivity index is 1.78. The molecule has 0 amide bonds. The Kier molecular flexibility index (Phi) is 4.25. The van der Waals surface area contributed by atoms with Crippen LogP contribution in [0.5, 0.6) is 0 Å². The summed E-state index contributed by atoms with van der Waals surface area (Å²) in [7, 11) is 0. The third kappa shape index (κ3) is 3.10. The number of rotatable bonds is 4. The van der Waals surface area contributed by atoms with E-state index in [1.165, 1.54) is 11.0 Å². The van der Waals surface area contributed by atoms with E-state index in [9.17, 15) is 9.59 Å². The van der Waals surface area contributed by atoms with Gasteiger partial charge in [-0.15, -0.1) is 11.8 Å². The van der Waals surface area contributed by atoms with Crippen molar-refractivity contribution in [2.45, 2.75) is 30.7 Å². The summed E-state index contributed by atoms with van der Waals surface area (Å²) in [5.74, 6) is 0.995. The lowest BCUT2D eigenvalue weighted by atomic mass is 9.94. The Hall–Kier alpha value is -1.81. The number of pyridine rings is 1. The molecule has 0 spiro atoms. The zero-order chi connectivity index (χ0) is 14.7. The number of nitrogens with zero attached hydrogens (tertiary/aromatic N) is 1. The molecule has 0 atom stereocenters. The van der Waals surface area contributed by atoms with Gasteiger partial charge in [0.05, 0.1) is 0 Å². The van der Waals surface area contributed by atoms with Gasteiger partial charge in [0.2, 0.25) is 0 Å². The van der Waals surface area contributed by atoms with Gasteiger partial charge in [-0.05, 0) is 31.0 Å². The van der Waals surface area contributed by atoms with Crippen molar-refractivity contribution in [3.63, 3.8) is 0 Å². The zero-order valence-electron chi connectivity index (χ0n) is 11.7. The maximum absolute atomic E-state index is 12.1. The van der Waals surface area contributed by atoms with Crippen LogP contribution in [0.4, 0.5) is 0 Å². The molecule has 0 aliphatic heterocycles. The van der Waals surface area contributed by atoms with Crippen LogP contribution in [0, 0.1) is 0 Å². The van der Waals surface area contributed by atoms with Crippen molar-refractivity contribution in [3.8, 4) is 0 Å². The molecule has 0 N–H and O–H groups in total. The molecule has 1 heterocycles. The number of Topliss-reactive ketones (excluding diaryl/α,β-unsaturated/α-hetero) is 1. The van der Waals surface area contributed by atoms with Gasteiger partial charge in [0.25, 0.3) is 5.56 Å². The number of hydrogen-bond donors (Lipinski definition) is 0. The molecule has 3 rings (SSSR count). The van der Waals surface area contributed by atoms with Crippen LogP contribution in [-0.4, -0.2) is 16.1 Å². The highest BCUT2D eigenvalue weighted by molar-refractivity contribution is 7.99. The van der Waals surface area contributed by atoms with Crippen molar-refractivity contribution < 1.29 is 4.79 Å². The first-order chi connectivity index (χ1) is 10.3. The minimum Gasteiger partial charge on any atom is -0.311 e. The highest BCUT2D eigenvalue weighted by Gasteiger charge is 2.20. The molecular weight excluding hydrogens is 282 g/mol. The van der Waals surface area contributed by atoms with Gasteiger partial charge >= 0.3 is 0 Å². The largest absolute Gasteiger partial charge is 0.311 e. The van der Waals surface area contributed by atoms with Gasteiger partial charge in [-0.3, -0.25) is 9.59 Å². The average Bonchev–Trinajstić information content (AvgIpc) is 2.51. The second-order valence-electron chi connectivity index (χ2n) is 5.12. The smallest absolute Gasteiger partial charge is 0.250 e. The molecule has 0 saturated heterocycles. The van der Waals surface area contributed by atoms with Crippen LogP contribution in [0.1, 0.15) is 28.9 Å². The van der Waals surface area contributed by atoms with E-state index in [0.717, 1.165) is 29.9 Å². The van der Waals surface area contributed by atoms with E-state index in [1.807, 2.05) is 18.2 Å². The first kappa shape index (κ1) is 14.1. The van der Waals surface area contributed by atoms with E-state index in [0.29, 0.717) is 13.0 Å². The molecule has 108 valence electrons. The first-order valence-corrected chi connectivity index (χ1v) is 8.18. The van der Waals surface area contributed by atoms with E-state index in [-0.39, 0.29) is 11.3 Å². The van der Waals surface area contributed by atoms with Gasteiger partial charge < -0.3 is 4.57 Å². The second kappa shape index (κ2) is 6.31. The number of hydrogen-bond acceptors (Lipinski definition) is 3. The lowest BCUT2D eigenvalue weighted by Crippen LogP contribution is -2.28. The summed E-state index contributed by atoms with van der Waals surface area (Å²) in [4.78, 5) is 25.2. The molecule has 0 bridgehead atoms. The summed E-state index contributed by atoms with van der Waals surface area (Å²) < 4.78 is 1.78. The third-order valence-corrected chi connectivity index (χ3v) is 4.73. The van der Waals surface area contributed by atoms with E-state index in [1.54, 1.807) is 22.4 Å². The molecule has 3 nitrogen and oxygen atoms in total. The van der Waals surface area contributed by atoms with E-state index in [2.05, 4.69) is 12.1 Å². The molecule has 1 aliphatic carbocycles. The summed E-state index contributed by atoms with van der Waals surface area (Å²) in [6, 6.07) is 13.4. The number of aromatic nitrogens is 1. The van der Waals surface area contributed by atoms with Gasteiger partial charge in [0.15, 0.2) is 5.78 Å². The van der Waals surface area contributed by atoms with Crippen LogP contribution in [0.2, 0.25) is 0 Å². The predicted octanol–water partition coefficient (Wildman–Crippen LogP) is 3.16. The molecular formula is C17H17NO2S. The van der Waals surface area contributed by atoms with E-state index < -0.39 is 0 Å². The summed E-state index contributed by atoms with van der Waals surface area (Å²) in [6.45, 7) is 0.648. The van der Waals surface area contributed by atoms with Gasteiger partial charge in [0, 0.05) is 40.9 Å². The van der Waals surface area contributed by atoms with Crippen molar-refractivity contribution >= 4 is 17.5 Å². The Bertz CT molecular complexity index is 706. The maximum Gasteiger partial charge on any atom is 0.250 e. The molecule has 0 fully saturated rings. The molecule has 1 aromatic heterocycles. The van der Waals surface area contributed by atoms with E-state index in [4.69, 9.17) is 0 Å². The Labute approximate surface area is 128 Å². The highest BCUT2D eigenvalue weighted by atomic mass is 32.2. The van der Waals surface area contributed by atoms with Gasteiger partial charge in [-0.1, -0.05) is 18.2 Å². The second-order valence-corrected chi connectivity index (χ2v) is 6.29. The minimum atomic E-state index is -0.00267. The first-order valence-electron chi connectivity index (χ1n) is 7.19. The van der Waals surface area contributed by atoms with Crippen molar-refractivity contribution in [1.29, 1.82) is 0 Å². The topological polar surface area (TPSA) is 39.1 Å². The van der Waals surface area contributed by atoms with Crippen LogP contribution >= 0.6 is 11.8 Å². The molecule has 0 unspecified atom stereocenters.